The maximum atomic E-state index is 9.55. The summed E-state index contributed by atoms with van der Waals surface area (Å²) in [6, 6.07) is 4.48. The van der Waals surface area contributed by atoms with Crippen LogP contribution in [0.5, 0.6) is 0 Å². The van der Waals surface area contributed by atoms with Gasteiger partial charge in [0, 0.05) is 37.8 Å². The van der Waals surface area contributed by atoms with Crippen molar-refractivity contribution in [2.24, 2.45) is 40.9 Å². The van der Waals surface area contributed by atoms with Crippen molar-refractivity contribution in [3.8, 4) is 6.07 Å². The van der Waals surface area contributed by atoms with E-state index in [9.17, 15) is 5.26 Å². The predicted molar refractivity (Wildman–Crippen MR) is 119 cm³/mol. The molecule has 0 amide bonds. The highest BCUT2D eigenvalue weighted by Gasteiger charge is 2.51. The van der Waals surface area contributed by atoms with E-state index in [4.69, 9.17) is 0 Å². The number of piperidine rings is 1. The van der Waals surface area contributed by atoms with E-state index >= 15 is 0 Å². The average molecular weight is 415 g/mol. The van der Waals surface area contributed by atoms with Gasteiger partial charge in [-0.15, -0.1) is 0 Å². The summed E-state index contributed by atoms with van der Waals surface area (Å²) in [6.45, 7) is 7.65. The number of nitrogens with one attached hydrogen (secondary N) is 5. The Morgan fingerprint density at radius 3 is 2.33 bits per heavy atom. The number of fused-ring (bicyclic) bond motifs is 3. The number of hydrogen-bond acceptors (Lipinski definition) is 6. The van der Waals surface area contributed by atoms with Crippen LogP contribution in [0.15, 0.2) is 0 Å². The monoisotopic (exact) mass is 414 g/mol. The number of hydrazine groups is 2. The van der Waals surface area contributed by atoms with Crippen molar-refractivity contribution < 1.29 is 0 Å². The quantitative estimate of drug-likeness (QED) is 0.487. The summed E-state index contributed by atoms with van der Waals surface area (Å²) in [5, 5.41) is 13.5. The van der Waals surface area contributed by atoms with Crippen LogP contribution >= 0.6 is 0 Å². The van der Waals surface area contributed by atoms with Crippen LogP contribution in [-0.2, 0) is 0 Å². The Balaban J connectivity index is 1.26. The van der Waals surface area contributed by atoms with Crippen LogP contribution in [0.1, 0.15) is 65.2 Å². The standard InChI is InChI=1S/C24H42N6/c1-24(2,14-25)18-6-3-15(4-7-18)23-22-19-11-16(17-9-10-27-28-12-17)5-8-20(19)26-13-21(22)29-30-23/h15-23,26-30H,3-13H2,1-2H3. The van der Waals surface area contributed by atoms with Crippen LogP contribution < -0.4 is 27.0 Å². The van der Waals surface area contributed by atoms with Crippen molar-refractivity contribution >= 4 is 0 Å². The molecule has 7 atom stereocenters. The Kier molecular flexibility index (Phi) is 6.11. The van der Waals surface area contributed by atoms with Crippen LogP contribution in [0.2, 0.25) is 0 Å². The Morgan fingerprint density at radius 1 is 0.800 bits per heavy atom. The molecule has 0 radical (unpaired) electrons. The molecule has 5 N–H and O–H groups in total. The van der Waals surface area contributed by atoms with Crippen molar-refractivity contribution in [2.75, 3.05) is 19.6 Å². The summed E-state index contributed by atoms with van der Waals surface area (Å²) < 4.78 is 0. The molecule has 5 fully saturated rings. The van der Waals surface area contributed by atoms with Gasteiger partial charge in [0.05, 0.1) is 11.5 Å². The summed E-state index contributed by atoms with van der Waals surface area (Å²) in [5.74, 6) is 4.62. The lowest BCUT2D eigenvalue weighted by Crippen LogP contribution is -2.59. The maximum absolute atomic E-state index is 9.55. The summed E-state index contributed by atoms with van der Waals surface area (Å²) in [4.78, 5) is 0. The van der Waals surface area contributed by atoms with Gasteiger partial charge in [0.15, 0.2) is 0 Å². The summed E-state index contributed by atoms with van der Waals surface area (Å²) >= 11 is 0. The van der Waals surface area contributed by atoms with E-state index in [-0.39, 0.29) is 5.41 Å². The zero-order chi connectivity index (χ0) is 20.7. The Bertz CT molecular complexity index is 630. The van der Waals surface area contributed by atoms with Gasteiger partial charge >= 0.3 is 0 Å². The van der Waals surface area contributed by atoms with Gasteiger partial charge in [-0.05, 0) is 101 Å². The van der Waals surface area contributed by atoms with Gasteiger partial charge in [-0.3, -0.25) is 21.7 Å². The minimum absolute atomic E-state index is 0.172. The molecule has 0 bridgehead atoms. The molecule has 5 rings (SSSR count). The van der Waals surface area contributed by atoms with Gasteiger partial charge in [0.2, 0.25) is 0 Å². The average Bonchev–Trinajstić information content (AvgIpc) is 3.24. The van der Waals surface area contributed by atoms with Crippen molar-refractivity contribution in [3.05, 3.63) is 0 Å². The molecule has 5 aliphatic rings. The van der Waals surface area contributed by atoms with E-state index in [1.165, 1.54) is 51.4 Å². The maximum Gasteiger partial charge on any atom is 0.0686 e. The third-order valence-corrected chi connectivity index (χ3v) is 9.73. The molecule has 0 aromatic heterocycles. The molecule has 3 aliphatic heterocycles. The highest BCUT2D eigenvalue weighted by Crippen LogP contribution is 2.48. The first kappa shape index (κ1) is 21.2. The normalized spacial score (nSPS) is 47.2. The molecule has 0 aromatic carbocycles. The molecule has 168 valence electrons. The lowest BCUT2D eigenvalue weighted by molar-refractivity contribution is 0.0457. The van der Waals surface area contributed by atoms with E-state index in [0.717, 1.165) is 55.3 Å². The molecule has 30 heavy (non-hydrogen) atoms. The van der Waals surface area contributed by atoms with Crippen molar-refractivity contribution in [3.63, 3.8) is 0 Å². The van der Waals surface area contributed by atoms with Crippen LogP contribution in [0.25, 0.3) is 0 Å². The third-order valence-electron chi connectivity index (χ3n) is 9.73. The van der Waals surface area contributed by atoms with Crippen molar-refractivity contribution in [2.45, 2.75) is 83.3 Å². The molecular formula is C24H42N6. The van der Waals surface area contributed by atoms with E-state index in [1.807, 2.05) is 0 Å². The van der Waals surface area contributed by atoms with Crippen molar-refractivity contribution in [1.29, 1.82) is 5.26 Å². The van der Waals surface area contributed by atoms with Crippen LogP contribution in [-0.4, -0.2) is 37.8 Å². The van der Waals surface area contributed by atoms with Gasteiger partial charge in [-0.25, -0.2) is 0 Å². The lowest BCUT2D eigenvalue weighted by atomic mass is 9.60. The summed E-state index contributed by atoms with van der Waals surface area (Å²) in [7, 11) is 0. The second-order valence-corrected chi connectivity index (χ2v) is 11.6. The van der Waals surface area contributed by atoms with E-state index in [1.54, 1.807) is 0 Å². The van der Waals surface area contributed by atoms with Crippen LogP contribution in [0.4, 0.5) is 0 Å². The fourth-order valence-corrected chi connectivity index (χ4v) is 7.80. The zero-order valence-corrected chi connectivity index (χ0v) is 18.9. The van der Waals surface area contributed by atoms with Gasteiger partial charge in [-0.2, -0.15) is 5.26 Å². The fraction of sp³-hybridized carbons (Fsp3) is 0.958. The molecule has 3 saturated heterocycles. The largest absolute Gasteiger partial charge is 0.312 e. The number of nitriles is 1. The molecule has 6 nitrogen and oxygen atoms in total. The second-order valence-electron chi connectivity index (χ2n) is 11.6. The minimum Gasteiger partial charge on any atom is -0.312 e. The molecule has 2 aliphatic carbocycles. The number of nitrogens with zero attached hydrogens (tertiary/aromatic N) is 1. The molecule has 2 saturated carbocycles. The fourth-order valence-electron chi connectivity index (χ4n) is 7.80. The predicted octanol–water partition coefficient (Wildman–Crippen LogP) is 2.31. The SMILES string of the molecule is CC(C)(C#N)C1CCC(C2NNC3CNC4CCC(C5CCNNC5)CC4C32)CC1. The molecule has 0 spiro atoms. The first-order valence-corrected chi connectivity index (χ1v) is 12.7. The molecular weight excluding hydrogens is 372 g/mol. The summed E-state index contributed by atoms with van der Waals surface area (Å²) in [6.07, 6.45) is 10.5. The Labute approximate surface area is 182 Å². The Morgan fingerprint density at radius 2 is 1.60 bits per heavy atom. The molecule has 6 heteroatoms. The molecule has 7 unspecified atom stereocenters. The lowest BCUT2D eigenvalue weighted by Gasteiger charge is -2.50. The first-order valence-electron chi connectivity index (χ1n) is 12.7. The van der Waals surface area contributed by atoms with E-state index in [2.05, 4.69) is 46.9 Å². The van der Waals surface area contributed by atoms with Crippen LogP contribution in [0, 0.1) is 52.3 Å². The summed E-state index contributed by atoms with van der Waals surface area (Å²) in [5.41, 5.74) is 14.0. The first-order chi connectivity index (χ1) is 14.6. The van der Waals surface area contributed by atoms with Gasteiger partial charge < -0.3 is 5.32 Å². The van der Waals surface area contributed by atoms with Gasteiger partial charge in [0.25, 0.3) is 0 Å². The highest BCUT2D eigenvalue weighted by molar-refractivity contribution is 5.08. The molecule has 0 aromatic rings. The highest BCUT2D eigenvalue weighted by atomic mass is 15.4. The van der Waals surface area contributed by atoms with Crippen molar-refractivity contribution in [1.82, 2.24) is 27.0 Å². The Hall–Kier alpha value is -0.710. The van der Waals surface area contributed by atoms with E-state index < -0.39 is 0 Å². The smallest absolute Gasteiger partial charge is 0.0686 e. The number of hydrogen-bond donors (Lipinski definition) is 5. The third kappa shape index (κ3) is 3.93. The topological polar surface area (TPSA) is 83.9 Å². The van der Waals surface area contributed by atoms with Gasteiger partial charge in [0.1, 0.15) is 0 Å². The molecule has 3 heterocycles. The second kappa shape index (κ2) is 8.67. The van der Waals surface area contributed by atoms with Gasteiger partial charge in [-0.1, -0.05) is 0 Å². The van der Waals surface area contributed by atoms with Crippen LogP contribution in [0.3, 0.4) is 0 Å². The zero-order valence-electron chi connectivity index (χ0n) is 18.9. The number of rotatable bonds is 3. The van der Waals surface area contributed by atoms with E-state index in [0.29, 0.717) is 18.0 Å². The minimum atomic E-state index is -0.172.